The summed E-state index contributed by atoms with van der Waals surface area (Å²) in [4.78, 5) is 0. The second-order valence-corrected chi connectivity index (χ2v) is 11.2. The molecule has 2 heteroatoms. The van der Waals surface area contributed by atoms with Gasteiger partial charge in [0.05, 0.1) is 0 Å². The number of hydrogen-bond acceptors (Lipinski definition) is 2. The largest absolute Gasteiger partial charge is 0.362 e. The molecule has 0 N–H and O–H groups in total. The summed E-state index contributed by atoms with van der Waals surface area (Å²) in [7, 11) is 0. The smallest absolute Gasteiger partial charge is 0.156 e. The highest BCUT2D eigenvalue weighted by atomic mass is 16.6. The lowest BCUT2D eigenvalue weighted by Gasteiger charge is -2.61. The monoisotopic (exact) mass is 524 g/mol. The summed E-state index contributed by atoms with van der Waals surface area (Å²) >= 11 is 0. The highest BCUT2D eigenvalue weighted by Crippen LogP contribution is 2.69. The maximum Gasteiger partial charge on any atom is 0.156 e. The Morgan fingerprint density at radius 1 is 0.500 bits per heavy atom. The molecule has 0 amide bonds. The zero-order valence-electron chi connectivity index (χ0n) is 23.0. The van der Waals surface area contributed by atoms with Crippen LogP contribution < -0.4 is 0 Å². The summed E-state index contributed by atoms with van der Waals surface area (Å²) in [6.07, 6.45) is 7.58. The average Bonchev–Trinajstić information content (AvgIpc) is 3.00. The topological polar surface area (TPSA) is 18.5 Å². The van der Waals surface area contributed by atoms with Crippen LogP contribution in [-0.4, -0.2) is 13.2 Å². The van der Waals surface area contributed by atoms with Crippen molar-refractivity contribution in [1.29, 1.82) is 0 Å². The number of benzene rings is 4. The average molecular weight is 525 g/mol. The van der Waals surface area contributed by atoms with Crippen molar-refractivity contribution in [3.63, 3.8) is 0 Å². The summed E-state index contributed by atoms with van der Waals surface area (Å²) in [5, 5.41) is 0. The minimum Gasteiger partial charge on any atom is -0.362 e. The molecule has 40 heavy (non-hydrogen) atoms. The normalized spacial score (nSPS) is 24.7. The van der Waals surface area contributed by atoms with Gasteiger partial charge in [-0.1, -0.05) is 109 Å². The molecule has 0 aliphatic heterocycles. The van der Waals surface area contributed by atoms with Crippen LogP contribution >= 0.6 is 0 Å². The third-order valence-corrected chi connectivity index (χ3v) is 9.27. The van der Waals surface area contributed by atoms with E-state index in [9.17, 15) is 0 Å². The molecule has 0 atom stereocenters. The summed E-state index contributed by atoms with van der Waals surface area (Å²) in [5.74, 6) is 0.359. The zero-order chi connectivity index (χ0) is 27.2. The van der Waals surface area contributed by atoms with E-state index >= 15 is 0 Å². The van der Waals surface area contributed by atoms with E-state index in [1.807, 2.05) is 12.2 Å². The van der Waals surface area contributed by atoms with Crippen molar-refractivity contribution in [2.24, 2.45) is 0 Å². The molecule has 0 saturated heterocycles. The van der Waals surface area contributed by atoms with Gasteiger partial charge in [-0.3, -0.25) is 0 Å². The minimum atomic E-state index is -0.871. The van der Waals surface area contributed by atoms with E-state index in [0.29, 0.717) is 13.2 Å². The van der Waals surface area contributed by atoms with Gasteiger partial charge in [-0.05, 0) is 70.2 Å². The van der Waals surface area contributed by atoms with Gasteiger partial charge in [-0.2, -0.15) is 0 Å². The Labute approximate surface area is 238 Å². The number of rotatable bonds is 10. The van der Waals surface area contributed by atoms with E-state index in [1.54, 1.807) is 0 Å². The predicted octanol–water partition coefficient (Wildman–Crippen LogP) is 8.74. The second-order valence-electron chi connectivity index (χ2n) is 11.2. The van der Waals surface area contributed by atoms with Crippen LogP contribution in [0.4, 0.5) is 0 Å². The van der Waals surface area contributed by atoms with E-state index in [4.69, 9.17) is 9.47 Å². The van der Waals surface area contributed by atoms with Gasteiger partial charge in [0.15, 0.2) is 11.2 Å². The minimum absolute atomic E-state index is 0.179. The third-order valence-electron chi connectivity index (χ3n) is 9.27. The molecule has 6 aliphatic rings. The SMILES string of the molecule is C=CCCCOC12c3ccccc3C(c3ccccc31)C1c3ccccc3C2(OCCCC=C)c2ccccc21. The van der Waals surface area contributed by atoms with Crippen molar-refractivity contribution in [2.75, 3.05) is 13.2 Å². The first-order chi connectivity index (χ1) is 19.8. The van der Waals surface area contributed by atoms with Crippen LogP contribution in [0.5, 0.6) is 0 Å². The van der Waals surface area contributed by atoms with Gasteiger partial charge in [0.25, 0.3) is 0 Å². The number of ether oxygens (including phenoxy) is 2. The predicted molar refractivity (Wildman–Crippen MR) is 162 cm³/mol. The van der Waals surface area contributed by atoms with Crippen LogP contribution in [0.25, 0.3) is 0 Å². The van der Waals surface area contributed by atoms with Gasteiger partial charge < -0.3 is 9.47 Å². The maximum atomic E-state index is 7.46. The van der Waals surface area contributed by atoms with E-state index in [-0.39, 0.29) is 11.8 Å². The molecular formula is C38H36O2. The second kappa shape index (κ2) is 10.0. The fourth-order valence-corrected chi connectivity index (χ4v) is 7.88. The first-order valence-electron chi connectivity index (χ1n) is 14.7. The lowest BCUT2D eigenvalue weighted by molar-refractivity contribution is -0.188. The molecule has 10 rings (SSSR count). The molecule has 4 bridgehead atoms. The summed E-state index contributed by atoms with van der Waals surface area (Å²) in [5.41, 5.74) is 8.56. The fourth-order valence-electron chi connectivity index (χ4n) is 7.88. The van der Waals surface area contributed by atoms with Crippen molar-refractivity contribution in [3.8, 4) is 0 Å². The Balaban J connectivity index is 1.64. The Kier molecular flexibility index (Phi) is 6.34. The lowest BCUT2D eigenvalue weighted by Crippen LogP contribution is -2.61. The first-order valence-corrected chi connectivity index (χ1v) is 14.7. The quantitative estimate of drug-likeness (QED) is 0.153. The van der Waals surface area contributed by atoms with E-state index < -0.39 is 11.2 Å². The number of hydrogen-bond donors (Lipinski definition) is 0. The molecule has 0 fully saturated rings. The number of unbranched alkanes of at least 4 members (excludes halogenated alkanes) is 2. The van der Waals surface area contributed by atoms with Gasteiger partial charge in [0.2, 0.25) is 0 Å². The molecule has 200 valence electrons. The Morgan fingerprint density at radius 3 is 1.10 bits per heavy atom. The molecule has 4 aromatic rings. The Bertz CT molecular complexity index is 1370. The van der Waals surface area contributed by atoms with Crippen LogP contribution in [-0.2, 0) is 20.7 Å². The molecule has 0 heterocycles. The third kappa shape index (κ3) is 3.30. The molecule has 0 aromatic heterocycles. The molecule has 0 spiro atoms. The molecule has 6 aliphatic carbocycles. The molecule has 0 unspecified atom stereocenters. The summed E-state index contributed by atoms with van der Waals surface area (Å²) in [6, 6.07) is 35.9. The molecule has 0 radical (unpaired) electrons. The first kappa shape index (κ1) is 25.3. The number of allylic oxidation sites excluding steroid dienone is 2. The molecule has 2 nitrogen and oxygen atoms in total. The summed E-state index contributed by atoms with van der Waals surface area (Å²) in [6.45, 7) is 9.14. The van der Waals surface area contributed by atoms with Gasteiger partial charge in [0.1, 0.15) is 0 Å². The van der Waals surface area contributed by atoms with Crippen LogP contribution in [0.1, 0.15) is 82.0 Å². The fraction of sp³-hybridized carbons (Fsp3) is 0.263. The van der Waals surface area contributed by atoms with Crippen molar-refractivity contribution < 1.29 is 9.47 Å². The van der Waals surface area contributed by atoms with Gasteiger partial charge in [-0.15, -0.1) is 13.2 Å². The van der Waals surface area contributed by atoms with Gasteiger partial charge >= 0.3 is 0 Å². The Hall–Kier alpha value is -3.72. The summed E-state index contributed by atoms with van der Waals surface area (Å²) < 4.78 is 14.9. The lowest BCUT2D eigenvalue weighted by atomic mass is 9.49. The van der Waals surface area contributed by atoms with Crippen molar-refractivity contribution in [1.82, 2.24) is 0 Å². The highest BCUT2D eigenvalue weighted by Gasteiger charge is 2.67. The van der Waals surface area contributed by atoms with Crippen LogP contribution in [0.2, 0.25) is 0 Å². The van der Waals surface area contributed by atoms with Crippen molar-refractivity contribution >= 4 is 0 Å². The van der Waals surface area contributed by atoms with E-state index in [1.165, 1.54) is 44.5 Å². The Morgan fingerprint density at radius 2 is 0.800 bits per heavy atom. The standard InChI is InChI=1S/C38H36O2/c1-3-5-15-25-39-37-31-21-11-7-17-27(31)35(28-18-8-12-22-32(28)37)36-29-19-9-13-23-33(29)38(37,40-26-16-6-4-2)34-24-14-10-20-30(34)36/h3-4,7-14,17-24,35-36H,1-2,5-6,15-16,25-26H2. The van der Waals surface area contributed by atoms with Gasteiger partial charge in [-0.25, -0.2) is 0 Å². The molecular weight excluding hydrogens is 488 g/mol. The molecule has 4 aromatic carbocycles. The van der Waals surface area contributed by atoms with E-state index in [0.717, 1.165) is 25.7 Å². The van der Waals surface area contributed by atoms with Gasteiger partial charge in [0, 0.05) is 25.0 Å². The van der Waals surface area contributed by atoms with Crippen molar-refractivity contribution in [3.05, 3.63) is 167 Å². The maximum absolute atomic E-state index is 7.46. The zero-order valence-corrected chi connectivity index (χ0v) is 23.0. The van der Waals surface area contributed by atoms with Crippen LogP contribution in [0.15, 0.2) is 122 Å². The molecule has 0 saturated carbocycles. The van der Waals surface area contributed by atoms with Crippen LogP contribution in [0, 0.1) is 0 Å². The van der Waals surface area contributed by atoms with E-state index in [2.05, 4.69) is 110 Å². The van der Waals surface area contributed by atoms with Crippen LogP contribution in [0.3, 0.4) is 0 Å². The van der Waals surface area contributed by atoms with Crippen molar-refractivity contribution in [2.45, 2.75) is 48.7 Å². The highest BCUT2D eigenvalue weighted by molar-refractivity contribution is 5.71.